The van der Waals surface area contributed by atoms with E-state index in [-0.39, 0.29) is 5.69 Å². The number of nitrogen functional groups attached to an aromatic ring is 1. The molecule has 0 aromatic heterocycles. The molecule has 0 saturated heterocycles. The Morgan fingerprint density at radius 3 is 2.50 bits per heavy atom. The molecule has 2 aromatic carbocycles. The lowest BCUT2D eigenvalue weighted by Crippen LogP contribution is -2.29. The minimum Gasteiger partial charge on any atom is -0.398 e. The second-order valence-corrected chi connectivity index (χ2v) is 3.74. The normalized spacial score (nSPS) is 11.5. The zero-order valence-electron chi connectivity index (χ0n) is 9.08. The van der Waals surface area contributed by atoms with E-state index in [0.29, 0.717) is 11.1 Å². The maximum atomic E-state index is 12.1. The molecule has 0 spiro atoms. The molecule has 0 fully saturated rings. The molecule has 0 atom stereocenters. The van der Waals surface area contributed by atoms with Crippen molar-refractivity contribution in [2.24, 2.45) is 0 Å². The van der Waals surface area contributed by atoms with Gasteiger partial charge < -0.3 is 11.1 Å². The number of benzene rings is 2. The number of amides is 1. The van der Waals surface area contributed by atoms with Gasteiger partial charge in [0.05, 0.1) is 0 Å². The molecule has 0 unspecified atom stereocenters. The molecule has 0 aliphatic rings. The van der Waals surface area contributed by atoms with E-state index in [1.165, 1.54) is 12.1 Å². The first-order valence-electron chi connectivity index (χ1n) is 5.04. The van der Waals surface area contributed by atoms with Crippen LogP contribution in [0.15, 0.2) is 36.4 Å². The molecule has 6 heteroatoms. The summed E-state index contributed by atoms with van der Waals surface area (Å²) in [5, 5.41) is 3.16. The quantitative estimate of drug-likeness (QED) is 0.769. The van der Waals surface area contributed by atoms with Crippen molar-refractivity contribution in [3.05, 3.63) is 36.4 Å². The van der Waals surface area contributed by atoms with E-state index in [1.807, 2.05) is 0 Å². The molecular weight excluding hydrogens is 245 g/mol. The van der Waals surface area contributed by atoms with E-state index in [2.05, 4.69) is 0 Å². The first-order valence-corrected chi connectivity index (χ1v) is 5.04. The van der Waals surface area contributed by atoms with Crippen LogP contribution in [0.25, 0.3) is 10.8 Å². The number of nitrogens with two attached hydrogens (primary N) is 1. The third kappa shape index (κ3) is 2.37. The Morgan fingerprint density at radius 2 is 1.83 bits per heavy atom. The third-order valence-corrected chi connectivity index (χ3v) is 2.41. The standard InChI is InChI=1S/C12H9F3N2O/c13-12(14,15)11(18)17-8-5-7-3-1-2-4-9(7)10(16)6-8/h1-6H,16H2,(H,17,18). The van der Waals surface area contributed by atoms with Crippen molar-refractivity contribution in [1.29, 1.82) is 0 Å². The lowest BCUT2D eigenvalue weighted by molar-refractivity contribution is -0.167. The van der Waals surface area contributed by atoms with Crippen molar-refractivity contribution in [3.63, 3.8) is 0 Å². The Bertz CT molecular complexity index is 608. The molecule has 18 heavy (non-hydrogen) atoms. The van der Waals surface area contributed by atoms with Gasteiger partial charge in [-0.2, -0.15) is 13.2 Å². The largest absolute Gasteiger partial charge is 0.471 e. The van der Waals surface area contributed by atoms with Gasteiger partial charge in [-0.3, -0.25) is 4.79 Å². The number of rotatable bonds is 1. The number of hydrogen-bond acceptors (Lipinski definition) is 2. The average Bonchev–Trinajstić information content (AvgIpc) is 2.27. The summed E-state index contributed by atoms with van der Waals surface area (Å²) in [6, 6.07) is 9.69. The molecule has 0 aliphatic carbocycles. The van der Waals surface area contributed by atoms with Crippen LogP contribution in [0.3, 0.4) is 0 Å². The Balaban J connectivity index is 2.39. The summed E-state index contributed by atoms with van der Waals surface area (Å²) < 4.78 is 36.3. The van der Waals surface area contributed by atoms with E-state index in [9.17, 15) is 18.0 Å². The first-order chi connectivity index (χ1) is 8.38. The molecule has 0 heterocycles. The molecule has 0 radical (unpaired) electrons. The highest BCUT2D eigenvalue weighted by molar-refractivity contribution is 6.01. The number of anilines is 2. The second kappa shape index (κ2) is 4.21. The van der Waals surface area contributed by atoms with Crippen molar-refractivity contribution in [2.75, 3.05) is 11.1 Å². The summed E-state index contributed by atoms with van der Waals surface area (Å²) in [7, 11) is 0. The summed E-state index contributed by atoms with van der Waals surface area (Å²) >= 11 is 0. The molecule has 2 rings (SSSR count). The summed E-state index contributed by atoms with van der Waals surface area (Å²) in [5.41, 5.74) is 6.04. The Morgan fingerprint density at radius 1 is 1.17 bits per heavy atom. The van der Waals surface area contributed by atoms with Gasteiger partial charge in [0, 0.05) is 16.8 Å². The topological polar surface area (TPSA) is 55.1 Å². The first kappa shape index (κ1) is 12.2. The van der Waals surface area contributed by atoms with Crippen LogP contribution >= 0.6 is 0 Å². The smallest absolute Gasteiger partial charge is 0.398 e. The molecule has 0 saturated carbocycles. The van der Waals surface area contributed by atoms with Crippen molar-refractivity contribution in [1.82, 2.24) is 0 Å². The van der Waals surface area contributed by atoms with Gasteiger partial charge in [-0.05, 0) is 17.5 Å². The van der Waals surface area contributed by atoms with Crippen LogP contribution in [0, 0.1) is 0 Å². The van der Waals surface area contributed by atoms with E-state index < -0.39 is 12.1 Å². The molecule has 3 N–H and O–H groups in total. The fourth-order valence-electron chi connectivity index (χ4n) is 1.61. The van der Waals surface area contributed by atoms with Gasteiger partial charge in [0.2, 0.25) is 0 Å². The summed E-state index contributed by atoms with van der Waals surface area (Å²) in [6.07, 6.45) is -4.92. The van der Waals surface area contributed by atoms with Crippen molar-refractivity contribution >= 4 is 28.1 Å². The third-order valence-electron chi connectivity index (χ3n) is 2.41. The van der Waals surface area contributed by atoms with E-state index in [4.69, 9.17) is 5.73 Å². The van der Waals surface area contributed by atoms with Crippen LogP contribution in [0.4, 0.5) is 24.5 Å². The number of nitrogens with one attached hydrogen (secondary N) is 1. The molecule has 94 valence electrons. The minimum atomic E-state index is -4.92. The Labute approximate surface area is 100 Å². The number of carbonyl (C=O) groups is 1. The maximum absolute atomic E-state index is 12.1. The van der Waals surface area contributed by atoms with Crippen molar-refractivity contribution in [3.8, 4) is 0 Å². The van der Waals surface area contributed by atoms with Gasteiger partial charge in [0.15, 0.2) is 0 Å². The van der Waals surface area contributed by atoms with Crippen LogP contribution in [-0.2, 0) is 4.79 Å². The monoisotopic (exact) mass is 254 g/mol. The number of hydrogen-bond donors (Lipinski definition) is 2. The number of halogens is 3. The van der Waals surface area contributed by atoms with Crippen LogP contribution in [0.5, 0.6) is 0 Å². The molecule has 2 aromatic rings. The van der Waals surface area contributed by atoms with E-state index in [1.54, 1.807) is 29.6 Å². The van der Waals surface area contributed by atoms with Crippen LogP contribution < -0.4 is 11.1 Å². The van der Waals surface area contributed by atoms with Crippen LogP contribution in [0.2, 0.25) is 0 Å². The molecular formula is C12H9F3N2O. The van der Waals surface area contributed by atoms with Gasteiger partial charge >= 0.3 is 12.1 Å². The molecule has 1 amide bonds. The lowest BCUT2D eigenvalue weighted by atomic mass is 10.1. The predicted molar refractivity (Wildman–Crippen MR) is 63.0 cm³/mol. The van der Waals surface area contributed by atoms with Crippen LogP contribution in [0.1, 0.15) is 0 Å². The van der Waals surface area contributed by atoms with Crippen molar-refractivity contribution < 1.29 is 18.0 Å². The number of fused-ring (bicyclic) bond motifs is 1. The highest BCUT2D eigenvalue weighted by Crippen LogP contribution is 2.27. The van der Waals surface area contributed by atoms with Gasteiger partial charge in [-0.15, -0.1) is 0 Å². The average molecular weight is 254 g/mol. The molecule has 3 nitrogen and oxygen atoms in total. The summed E-state index contributed by atoms with van der Waals surface area (Å²) in [5.74, 6) is -2.02. The molecule has 0 aliphatic heterocycles. The maximum Gasteiger partial charge on any atom is 0.471 e. The highest BCUT2D eigenvalue weighted by Gasteiger charge is 2.38. The SMILES string of the molecule is Nc1cc(NC(=O)C(F)(F)F)cc2ccccc12. The predicted octanol–water partition coefficient (Wildman–Crippen LogP) is 2.92. The van der Waals surface area contributed by atoms with Crippen LogP contribution in [-0.4, -0.2) is 12.1 Å². The van der Waals surface area contributed by atoms with Gasteiger partial charge in [-0.1, -0.05) is 24.3 Å². The van der Waals surface area contributed by atoms with E-state index in [0.717, 1.165) is 5.39 Å². The van der Waals surface area contributed by atoms with Crippen molar-refractivity contribution in [2.45, 2.75) is 6.18 Å². The van der Waals surface area contributed by atoms with Gasteiger partial charge in [-0.25, -0.2) is 0 Å². The fourth-order valence-corrected chi connectivity index (χ4v) is 1.61. The summed E-state index contributed by atoms with van der Waals surface area (Å²) in [4.78, 5) is 10.8. The Kier molecular flexibility index (Phi) is 2.86. The fraction of sp³-hybridized carbons (Fsp3) is 0.0833. The van der Waals surface area contributed by atoms with Gasteiger partial charge in [0.1, 0.15) is 0 Å². The van der Waals surface area contributed by atoms with E-state index >= 15 is 0 Å². The lowest BCUT2D eigenvalue weighted by Gasteiger charge is -2.10. The Hall–Kier alpha value is -2.24. The minimum absolute atomic E-state index is 0.0218. The number of carbonyl (C=O) groups excluding carboxylic acids is 1. The summed E-state index contributed by atoms with van der Waals surface area (Å²) in [6.45, 7) is 0. The number of alkyl halides is 3. The zero-order chi connectivity index (χ0) is 13.3. The highest BCUT2D eigenvalue weighted by atomic mass is 19.4. The second-order valence-electron chi connectivity index (χ2n) is 3.74. The van der Waals surface area contributed by atoms with Gasteiger partial charge in [0.25, 0.3) is 0 Å². The zero-order valence-corrected chi connectivity index (χ0v) is 9.08. The molecule has 0 bridgehead atoms.